The van der Waals surface area contributed by atoms with E-state index in [9.17, 15) is 4.79 Å². The number of para-hydroxylation sites is 2. The number of aryl methyl sites for hydroxylation is 1. The van der Waals surface area contributed by atoms with Crippen LogP contribution in [0.25, 0.3) is 11.0 Å². The molecule has 0 bridgehead atoms. The van der Waals surface area contributed by atoms with E-state index in [0.717, 1.165) is 22.6 Å². The van der Waals surface area contributed by atoms with Crippen LogP contribution in [0, 0.1) is 6.92 Å². The van der Waals surface area contributed by atoms with Crippen LogP contribution in [0.5, 0.6) is 11.5 Å². The molecular formula is C26H26ClN3O3. The van der Waals surface area contributed by atoms with Gasteiger partial charge >= 0.3 is 0 Å². The molecule has 1 aromatic heterocycles. The fraction of sp³-hybridized carbons (Fsp3) is 0.231. The average molecular weight is 464 g/mol. The van der Waals surface area contributed by atoms with E-state index >= 15 is 0 Å². The number of hydrogen-bond donors (Lipinski definition) is 1. The lowest BCUT2D eigenvalue weighted by Crippen LogP contribution is -2.31. The molecule has 0 saturated heterocycles. The Bertz CT molecular complexity index is 1200. The van der Waals surface area contributed by atoms with Crippen molar-refractivity contribution in [3.05, 3.63) is 89.2 Å². The monoisotopic (exact) mass is 463 g/mol. The van der Waals surface area contributed by atoms with Gasteiger partial charge in [0.2, 0.25) is 0 Å². The van der Waals surface area contributed by atoms with Gasteiger partial charge in [-0.15, -0.1) is 0 Å². The van der Waals surface area contributed by atoms with E-state index in [4.69, 9.17) is 26.1 Å². The minimum atomic E-state index is -0.185. The molecular weight excluding hydrogens is 438 g/mol. The molecule has 0 aliphatic rings. The summed E-state index contributed by atoms with van der Waals surface area (Å²) in [7, 11) is 0. The van der Waals surface area contributed by atoms with Crippen molar-refractivity contribution in [3.8, 4) is 11.5 Å². The van der Waals surface area contributed by atoms with Crippen molar-refractivity contribution < 1.29 is 14.3 Å². The number of nitrogens with zero attached hydrogens (tertiary/aromatic N) is 2. The number of carbonyl (C=O) groups is 1. The van der Waals surface area contributed by atoms with Gasteiger partial charge in [0.05, 0.1) is 17.6 Å². The number of hydrogen-bond acceptors (Lipinski definition) is 4. The Kier molecular flexibility index (Phi) is 7.47. The number of halogens is 1. The molecule has 0 unspecified atom stereocenters. The topological polar surface area (TPSA) is 65.4 Å². The molecule has 6 nitrogen and oxygen atoms in total. The molecule has 0 aliphatic carbocycles. The second kappa shape index (κ2) is 10.9. The maximum Gasteiger partial charge on any atom is 0.257 e. The van der Waals surface area contributed by atoms with Crippen LogP contribution < -0.4 is 14.8 Å². The van der Waals surface area contributed by atoms with Gasteiger partial charge < -0.3 is 19.4 Å². The van der Waals surface area contributed by atoms with E-state index in [1.807, 2.05) is 42.5 Å². The number of carbonyl (C=O) groups excluding carboxylic acids is 1. The largest absolute Gasteiger partial charge is 0.492 e. The van der Waals surface area contributed by atoms with Crippen LogP contribution in [-0.2, 0) is 17.8 Å². The standard InChI is InChI=1S/C26H26ClN3O3/c1-19-6-10-21(11-7-19)32-17-16-30-24-5-3-2-4-23(24)29-25(30)14-15-28-26(31)18-33-22-12-8-20(27)9-13-22/h2-13H,14-18H2,1H3,(H,28,31). The normalized spacial score (nSPS) is 10.8. The van der Waals surface area contributed by atoms with Gasteiger partial charge in [0.1, 0.15) is 23.9 Å². The zero-order valence-corrected chi connectivity index (χ0v) is 19.2. The SMILES string of the molecule is Cc1ccc(OCCn2c(CCNC(=O)COc3ccc(Cl)cc3)nc3ccccc32)cc1. The summed E-state index contributed by atoms with van der Waals surface area (Å²) < 4.78 is 13.6. The van der Waals surface area contributed by atoms with E-state index in [1.54, 1.807) is 24.3 Å². The van der Waals surface area contributed by atoms with Crippen LogP contribution >= 0.6 is 11.6 Å². The highest BCUT2D eigenvalue weighted by atomic mass is 35.5. The molecule has 7 heteroatoms. The van der Waals surface area contributed by atoms with Crippen LogP contribution in [-0.4, -0.2) is 35.2 Å². The molecule has 33 heavy (non-hydrogen) atoms. The van der Waals surface area contributed by atoms with Gasteiger partial charge in [0, 0.05) is 18.0 Å². The van der Waals surface area contributed by atoms with E-state index in [1.165, 1.54) is 5.56 Å². The molecule has 4 aromatic rings. The van der Waals surface area contributed by atoms with E-state index in [0.29, 0.717) is 36.9 Å². The minimum absolute atomic E-state index is 0.0531. The smallest absolute Gasteiger partial charge is 0.257 e. The minimum Gasteiger partial charge on any atom is -0.492 e. The Balaban J connectivity index is 1.32. The third-order valence-electron chi connectivity index (χ3n) is 5.19. The zero-order chi connectivity index (χ0) is 23.0. The second-order valence-electron chi connectivity index (χ2n) is 7.67. The number of nitrogens with one attached hydrogen (secondary N) is 1. The van der Waals surface area contributed by atoms with Crippen molar-refractivity contribution in [1.82, 2.24) is 14.9 Å². The predicted octanol–water partition coefficient (Wildman–Crippen LogP) is 4.81. The number of rotatable bonds is 10. The molecule has 0 spiro atoms. The quantitative estimate of drug-likeness (QED) is 0.366. The maximum atomic E-state index is 12.2. The van der Waals surface area contributed by atoms with Crippen molar-refractivity contribution in [3.63, 3.8) is 0 Å². The molecule has 0 saturated carbocycles. The maximum absolute atomic E-state index is 12.2. The predicted molar refractivity (Wildman–Crippen MR) is 130 cm³/mol. The zero-order valence-electron chi connectivity index (χ0n) is 18.5. The van der Waals surface area contributed by atoms with Crippen LogP contribution in [0.1, 0.15) is 11.4 Å². The summed E-state index contributed by atoms with van der Waals surface area (Å²) >= 11 is 5.86. The number of aromatic nitrogens is 2. The van der Waals surface area contributed by atoms with Crippen LogP contribution in [0.4, 0.5) is 0 Å². The van der Waals surface area contributed by atoms with E-state index < -0.39 is 0 Å². The molecule has 1 amide bonds. The summed E-state index contributed by atoms with van der Waals surface area (Å²) in [4.78, 5) is 16.9. The first-order valence-corrected chi connectivity index (χ1v) is 11.2. The molecule has 3 aromatic carbocycles. The van der Waals surface area contributed by atoms with Gasteiger partial charge in [-0.3, -0.25) is 4.79 Å². The van der Waals surface area contributed by atoms with Crippen molar-refractivity contribution in [2.45, 2.75) is 19.9 Å². The molecule has 170 valence electrons. The van der Waals surface area contributed by atoms with Gasteiger partial charge in [-0.25, -0.2) is 4.98 Å². The third-order valence-corrected chi connectivity index (χ3v) is 5.44. The van der Waals surface area contributed by atoms with Crippen molar-refractivity contribution in [2.24, 2.45) is 0 Å². The molecule has 1 N–H and O–H groups in total. The van der Waals surface area contributed by atoms with E-state index in [2.05, 4.69) is 22.9 Å². The van der Waals surface area contributed by atoms with Crippen molar-refractivity contribution >= 4 is 28.5 Å². The first-order chi connectivity index (χ1) is 16.1. The lowest BCUT2D eigenvalue weighted by atomic mass is 10.2. The summed E-state index contributed by atoms with van der Waals surface area (Å²) in [6.07, 6.45) is 0.603. The molecule has 4 rings (SSSR count). The first kappa shape index (κ1) is 22.7. The Hall–Kier alpha value is -3.51. The lowest BCUT2D eigenvalue weighted by molar-refractivity contribution is -0.123. The van der Waals surface area contributed by atoms with Gasteiger partial charge in [-0.05, 0) is 55.5 Å². The Labute approximate surface area is 198 Å². The van der Waals surface area contributed by atoms with Crippen molar-refractivity contribution in [1.29, 1.82) is 0 Å². The van der Waals surface area contributed by atoms with Gasteiger partial charge in [0.15, 0.2) is 6.61 Å². The summed E-state index contributed by atoms with van der Waals surface area (Å²) in [6.45, 7) is 3.65. The Morgan fingerprint density at radius 1 is 0.970 bits per heavy atom. The fourth-order valence-corrected chi connectivity index (χ4v) is 3.63. The molecule has 0 fully saturated rings. The molecule has 0 aliphatic heterocycles. The Morgan fingerprint density at radius 2 is 1.67 bits per heavy atom. The molecule has 0 radical (unpaired) electrons. The summed E-state index contributed by atoms with van der Waals surface area (Å²) in [5.74, 6) is 2.17. The van der Waals surface area contributed by atoms with E-state index in [-0.39, 0.29) is 12.5 Å². The van der Waals surface area contributed by atoms with Gasteiger partial charge in [-0.1, -0.05) is 41.4 Å². The first-order valence-electron chi connectivity index (χ1n) is 10.9. The summed E-state index contributed by atoms with van der Waals surface area (Å²) in [6, 6.07) is 23.0. The number of fused-ring (bicyclic) bond motifs is 1. The number of imidazole rings is 1. The van der Waals surface area contributed by atoms with Crippen LogP contribution in [0.15, 0.2) is 72.8 Å². The second-order valence-corrected chi connectivity index (χ2v) is 8.11. The van der Waals surface area contributed by atoms with Crippen LogP contribution in [0.3, 0.4) is 0 Å². The number of ether oxygens (including phenoxy) is 2. The summed E-state index contributed by atoms with van der Waals surface area (Å²) in [5.41, 5.74) is 3.18. The summed E-state index contributed by atoms with van der Waals surface area (Å²) in [5, 5.41) is 3.52. The highest BCUT2D eigenvalue weighted by Gasteiger charge is 2.11. The van der Waals surface area contributed by atoms with Crippen molar-refractivity contribution in [2.75, 3.05) is 19.8 Å². The highest BCUT2D eigenvalue weighted by molar-refractivity contribution is 6.30. The lowest BCUT2D eigenvalue weighted by Gasteiger charge is -2.12. The molecule has 1 heterocycles. The third kappa shape index (κ3) is 6.26. The van der Waals surface area contributed by atoms with Gasteiger partial charge in [0.25, 0.3) is 5.91 Å². The Morgan fingerprint density at radius 3 is 2.45 bits per heavy atom. The number of benzene rings is 3. The number of amides is 1. The fourth-order valence-electron chi connectivity index (χ4n) is 3.50. The molecule has 0 atom stereocenters. The highest BCUT2D eigenvalue weighted by Crippen LogP contribution is 2.18. The average Bonchev–Trinajstić information content (AvgIpc) is 3.17. The van der Waals surface area contributed by atoms with Crippen LogP contribution in [0.2, 0.25) is 5.02 Å². The van der Waals surface area contributed by atoms with Gasteiger partial charge in [-0.2, -0.15) is 0 Å².